The van der Waals surface area contributed by atoms with Crippen molar-refractivity contribution >= 4 is 23.3 Å². The van der Waals surface area contributed by atoms with E-state index in [-0.39, 0.29) is 24.1 Å². The average Bonchev–Trinajstić information content (AvgIpc) is 3.24. The van der Waals surface area contributed by atoms with Crippen LogP contribution in [0.4, 0.5) is 15.9 Å². The van der Waals surface area contributed by atoms with Gasteiger partial charge in [0.1, 0.15) is 23.4 Å². The van der Waals surface area contributed by atoms with Crippen molar-refractivity contribution in [2.24, 2.45) is 0 Å². The summed E-state index contributed by atoms with van der Waals surface area (Å²) in [6.07, 6.45) is 0.575. The minimum absolute atomic E-state index is 0.0570. The summed E-state index contributed by atoms with van der Waals surface area (Å²) >= 11 is 0. The van der Waals surface area contributed by atoms with E-state index in [1.165, 1.54) is 12.1 Å². The number of hydrogen-bond donors (Lipinski definition) is 2. The number of aryl methyl sites for hydroxylation is 1. The first kappa shape index (κ1) is 19.6. The van der Waals surface area contributed by atoms with Gasteiger partial charge in [-0.1, -0.05) is 19.1 Å². The number of methoxy groups -OCH3 is 1. The van der Waals surface area contributed by atoms with Gasteiger partial charge in [0.25, 0.3) is 5.91 Å². The molecule has 8 heteroatoms. The van der Waals surface area contributed by atoms with E-state index in [9.17, 15) is 14.0 Å². The number of amides is 2. The van der Waals surface area contributed by atoms with Crippen LogP contribution in [0.2, 0.25) is 0 Å². The molecule has 0 saturated heterocycles. The molecular formula is C22H21FN4O3. The fourth-order valence-corrected chi connectivity index (χ4v) is 3.55. The quantitative estimate of drug-likeness (QED) is 0.650. The van der Waals surface area contributed by atoms with Crippen LogP contribution in [0.5, 0.6) is 5.75 Å². The SMILES string of the molecule is CCc1nn2c(c1-c1ccc(F)cc1)NC(=O)C2CC(=O)Nc1ccc(OC)cc1. The van der Waals surface area contributed by atoms with Gasteiger partial charge in [0, 0.05) is 11.3 Å². The highest BCUT2D eigenvalue weighted by molar-refractivity contribution is 6.04. The van der Waals surface area contributed by atoms with Crippen LogP contribution in [0.3, 0.4) is 0 Å². The largest absolute Gasteiger partial charge is 0.497 e. The number of fused-ring (bicyclic) bond motifs is 1. The van der Waals surface area contributed by atoms with Gasteiger partial charge in [0.15, 0.2) is 0 Å². The van der Waals surface area contributed by atoms with Gasteiger partial charge in [-0.3, -0.25) is 9.59 Å². The van der Waals surface area contributed by atoms with Gasteiger partial charge in [0.05, 0.1) is 19.2 Å². The predicted octanol–water partition coefficient (Wildman–Crippen LogP) is 3.78. The van der Waals surface area contributed by atoms with E-state index in [0.29, 0.717) is 23.7 Å². The van der Waals surface area contributed by atoms with E-state index >= 15 is 0 Å². The van der Waals surface area contributed by atoms with E-state index in [1.54, 1.807) is 48.2 Å². The van der Waals surface area contributed by atoms with Gasteiger partial charge in [-0.2, -0.15) is 5.10 Å². The summed E-state index contributed by atoms with van der Waals surface area (Å²) in [5, 5.41) is 10.2. The number of carbonyl (C=O) groups is 2. The lowest BCUT2D eigenvalue weighted by atomic mass is 10.0. The second kappa shape index (κ2) is 7.98. The van der Waals surface area contributed by atoms with Crippen LogP contribution in [-0.2, 0) is 16.0 Å². The zero-order valence-corrected chi connectivity index (χ0v) is 16.6. The maximum atomic E-state index is 13.3. The third-order valence-corrected chi connectivity index (χ3v) is 5.04. The van der Waals surface area contributed by atoms with Crippen LogP contribution in [0.25, 0.3) is 11.1 Å². The Labute approximate surface area is 172 Å². The minimum Gasteiger partial charge on any atom is -0.497 e. The molecule has 0 spiro atoms. The first-order valence-corrected chi connectivity index (χ1v) is 9.62. The van der Waals surface area contributed by atoms with E-state index in [2.05, 4.69) is 15.7 Å². The third-order valence-electron chi connectivity index (χ3n) is 5.04. The standard InChI is InChI=1S/C22H21FN4O3/c1-3-17-20(13-4-6-14(23)7-5-13)21-25-22(29)18(27(21)26-17)12-19(28)24-15-8-10-16(30-2)11-9-15/h4-11,18H,3,12H2,1-2H3,(H,24,28)(H,25,29). The third kappa shape index (κ3) is 3.63. The molecule has 1 unspecified atom stereocenters. The van der Waals surface area contributed by atoms with E-state index in [4.69, 9.17) is 4.74 Å². The molecule has 0 radical (unpaired) electrons. The molecule has 154 valence electrons. The van der Waals surface area contributed by atoms with Crippen molar-refractivity contribution in [3.8, 4) is 16.9 Å². The van der Waals surface area contributed by atoms with Gasteiger partial charge in [-0.05, 0) is 48.4 Å². The summed E-state index contributed by atoms with van der Waals surface area (Å²) < 4.78 is 20.0. The average molecular weight is 408 g/mol. The molecule has 2 N–H and O–H groups in total. The fraction of sp³-hybridized carbons (Fsp3) is 0.227. The van der Waals surface area contributed by atoms with Gasteiger partial charge in [0.2, 0.25) is 5.91 Å². The molecule has 0 saturated carbocycles. The summed E-state index contributed by atoms with van der Waals surface area (Å²) in [6, 6.07) is 12.2. The van der Waals surface area contributed by atoms with Crippen LogP contribution in [0, 0.1) is 5.82 Å². The Bertz CT molecular complexity index is 1090. The molecule has 2 aromatic carbocycles. The number of rotatable bonds is 6. The van der Waals surface area contributed by atoms with Crippen molar-refractivity contribution < 1.29 is 18.7 Å². The molecule has 1 aromatic heterocycles. The molecule has 1 aliphatic rings. The fourth-order valence-electron chi connectivity index (χ4n) is 3.55. The van der Waals surface area contributed by atoms with E-state index in [0.717, 1.165) is 16.8 Å². The predicted molar refractivity (Wildman–Crippen MR) is 111 cm³/mol. The Morgan fingerprint density at radius 1 is 1.20 bits per heavy atom. The number of hydrogen-bond acceptors (Lipinski definition) is 4. The summed E-state index contributed by atoms with van der Waals surface area (Å²) in [4.78, 5) is 25.1. The number of anilines is 2. The maximum Gasteiger partial charge on any atom is 0.251 e. The van der Waals surface area contributed by atoms with Gasteiger partial charge in [-0.25, -0.2) is 9.07 Å². The molecule has 0 fully saturated rings. The number of nitrogens with zero attached hydrogens (tertiary/aromatic N) is 2. The topological polar surface area (TPSA) is 85.2 Å². The van der Waals surface area contributed by atoms with E-state index in [1.807, 2.05) is 6.92 Å². The molecule has 3 aromatic rings. The molecule has 7 nitrogen and oxygen atoms in total. The molecule has 2 amide bonds. The number of nitrogens with one attached hydrogen (secondary N) is 2. The summed E-state index contributed by atoms with van der Waals surface area (Å²) in [5.74, 6) is 0.284. The van der Waals surface area contributed by atoms with Gasteiger partial charge >= 0.3 is 0 Å². The Morgan fingerprint density at radius 3 is 2.53 bits per heavy atom. The Kier molecular flexibility index (Phi) is 5.22. The lowest BCUT2D eigenvalue weighted by Crippen LogP contribution is -2.23. The number of ether oxygens (including phenoxy) is 1. The highest BCUT2D eigenvalue weighted by Gasteiger charge is 2.36. The lowest BCUT2D eigenvalue weighted by molar-refractivity contribution is -0.123. The molecule has 30 heavy (non-hydrogen) atoms. The first-order valence-electron chi connectivity index (χ1n) is 9.62. The molecule has 2 heterocycles. The number of carbonyl (C=O) groups excluding carboxylic acids is 2. The number of benzene rings is 2. The normalized spacial score (nSPS) is 14.9. The molecule has 1 atom stereocenters. The van der Waals surface area contributed by atoms with E-state index < -0.39 is 6.04 Å². The number of halogens is 1. The molecular weight excluding hydrogens is 387 g/mol. The summed E-state index contributed by atoms with van der Waals surface area (Å²) in [6.45, 7) is 1.96. The molecule has 4 rings (SSSR count). The van der Waals surface area contributed by atoms with Crippen molar-refractivity contribution in [3.63, 3.8) is 0 Å². The van der Waals surface area contributed by atoms with Crippen LogP contribution < -0.4 is 15.4 Å². The van der Waals surface area contributed by atoms with Crippen LogP contribution >= 0.6 is 0 Å². The molecule has 0 bridgehead atoms. The number of aromatic nitrogens is 2. The Balaban J connectivity index is 1.57. The Morgan fingerprint density at radius 2 is 1.90 bits per heavy atom. The smallest absolute Gasteiger partial charge is 0.251 e. The lowest BCUT2D eigenvalue weighted by Gasteiger charge is -2.10. The first-order chi connectivity index (χ1) is 14.5. The van der Waals surface area contributed by atoms with Gasteiger partial charge in [-0.15, -0.1) is 0 Å². The van der Waals surface area contributed by atoms with Crippen molar-refractivity contribution in [2.75, 3.05) is 17.7 Å². The molecule has 0 aliphatic carbocycles. The monoisotopic (exact) mass is 408 g/mol. The maximum absolute atomic E-state index is 13.3. The zero-order valence-electron chi connectivity index (χ0n) is 16.6. The Hall–Kier alpha value is -3.68. The minimum atomic E-state index is -0.752. The van der Waals surface area contributed by atoms with Crippen LogP contribution in [-0.4, -0.2) is 28.7 Å². The van der Waals surface area contributed by atoms with Crippen molar-refractivity contribution in [3.05, 3.63) is 60.0 Å². The highest BCUT2D eigenvalue weighted by atomic mass is 19.1. The van der Waals surface area contributed by atoms with Crippen LogP contribution in [0.1, 0.15) is 25.1 Å². The second-order valence-corrected chi connectivity index (χ2v) is 6.96. The van der Waals surface area contributed by atoms with Crippen molar-refractivity contribution in [1.82, 2.24) is 9.78 Å². The second-order valence-electron chi connectivity index (χ2n) is 6.96. The van der Waals surface area contributed by atoms with Crippen molar-refractivity contribution in [1.29, 1.82) is 0 Å². The summed E-state index contributed by atoms with van der Waals surface area (Å²) in [7, 11) is 1.57. The highest BCUT2D eigenvalue weighted by Crippen LogP contribution is 2.38. The van der Waals surface area contributed by atoms with Crippen LogP contribution in [0.15, 0.2) is 48.5 Å². The van der Waals surface area contributed by atoms with Crippen molar-refractivity contribution in [2.45, 2.75) is 25.8 Å². The molecule has 1 aliphatic heterocycles. The zero-order chi connectivity index (χ0) is 21.3. The summed E-state index contributed by atoms with van der Waals surface area (Å²) in [5.41, 5.74) is 2.90. The van der Waals surface area contributed by atoms with Gasteiger partial charge < -0.3 is 15.4 Å².